The molecular formula is C21H17N3O5S. The smallest absolute Gasteiger partial charge is 0.271 e. The summed E-state index contributed by atoms with van der Waals surface area (Å²) in [6.07, 6.45) is 0.597. The van der Waals surface area contributed by atoms with E-state index in [4.69, 9.17) is 0 Å². The fraction of sp³-hybridized carbons (Fsp3) is 0.0952. The minimum absolute atomic E-state index is 0.0854. The van der Waals surface area contributed by atoms with Gasteiger partial charge in [0.15, 0.2) is 0 Å². The highest BCUT2D eigenvalue weighted by Gasteiger charge is 2.28. The summed E-state index contributed by atoms with van der Waals surface area (Å²) in [7, 11) is -3.79. The van der Waals surface area contributed by atoms with Gasteiger partial charge >= 0.3 is 0 Å². The van der Waals surface area contributed by atoms with Crippen LogP contribution in [-0.4, -0.2) is 25.8 Å². The lowest BCUT2D eigenvalue weighted by Crippen LogP contribution is -2.29. The highest BCUT2D eigenvalue weighted by atomic mass is 32.2. The van der Waals surface area contributed by atoms with Gasteiger partial charge in [0.05, 0.1) is 15.5 Å². The third-order valence-electron chi connectivity index (χ3n) is 4.84. The zero-order chi connectivity index (χ0) is 21.3. The first kappa shape index (κ1) is 19.6. The molecule has 0 aliphatic carbocycles. The molecule has 8 nitrogen and oxygen atoms in total. The molecule has 0 bridgehead atoms. The Balaban J connectivity index is 1.61. The molecule has 30 heavy (non-hydrogen) atoms. The molecule has 9 heteroatoms. The average molecular weight is 423 g/mol. The van der Waals surface area contributed by atoms with Crippen LogP contribution in [0.4, 0.5) is 17.1 Å². The number of hydrogen-bond donors (Lipinski definition) is 1. The summed E-state index contributed by atoms with van der Waals surface area (Å²) in [6, 6.07) is 18.6. The number of nitro groups is 1. The van der Waals surface area contributed by atoms with Gasteiger partial charge in [-0.25, -0.2) is 8.42 Å². The number of fused-ring (bicyclic) bond motifs is 1. The number of carbonyl (C=O) groups is 1. The van der Waals surface area contributed by atoms with Crippen LogP contribution < -0.4 is 9.62 Å². The summed E-state index contributed by atoms with van der Waals surface area (Å²) >= 11 is 0. The van der Waals surface area contributed by atoms with Crippen molar-refractivity contribution in [3.05, 3.63) is 94.0 Å². The fourth-order valence-corrected chi connectivity index (χ4v) is 4.45. The highest BCUT2D eigenvalue weighted by molar-refractivity contribution is 7.92. The molecule has 1 aliphatic rings. The molecule has 3 aromatic carbocycles. The predicted octanol–water partition coefficient (Wildman–Crippen LogP) is 3.60. The summed E-state index contributed by atoms with van der Waals surface area (Å²) in [5, 5.41) is 11.1. The summed E-state index contributed by atoms with van der Waals surface area (Å²) in [5.74, 6) is -0.352. The number of amides is 1. The Bertz CT molecular complexity index is 1240. The minimum atomic E-state index is -3.79. The normalized spacial score (nSPS) is 13.0. The first-order chi connectivity index (χ1) is 14.3. The van der Waals surface area contributed by atoms with Crippen LogP contribution in [0.3, 0.4) is 0 Å². The van der Waals surface area contributed by atoms with E-state index >= 15 is 0 Å². The lowest BCUT2D eigenvalue weighted by Gasteiger charge is -2.18. The van der Waals surface area contributed by atoms with Crippen LogP contribution in [0.25, 0.3) is 0 Å². The van der Waals surface area contributed by atoms with Gasteiger partial charge in [-0.05, 0) is 42.3 Å². The number of nitrogens with one attached hydrogen (secondary N) is 1. The number of carbonyl (C=O) groups excluding carboxylic acids is 1. The van der Waals surface area contributed by atoms with Crippen LogP contribution in [0.5, 0.6) is 0 Å². The van der Waals surface area contributed by atoms with Crippen LogP contribution in [-0.2, 0) is 16.4 Å². The lowest BCUT2D eigenvalue weighted by atomic mass is 10.1. The molecule has 0 saturated heterocycles. The number of benzene rings is 3. The zero-order valence-corrected chi connectivity index (χ0v) is 16.5. The minimum Gasteiger partial charge on any atom is -0.307 e. The Hall–Kier alpha value is -3.72. The van der Waals surface area contributed by atoms with Crippen molar-refractivity contribution < 1.29 is 18.1 Å². The van der Waals surface area contributed by atoms with Gasteiger partial charge in [0.2, 0.25) is 0 Å². The molecule has 0 spiro atoms. The second-order valence-electron chi connectivity index (χ2n) is 6.78. The van der Waals surface area contributed by atoms with Gasteiger partial charge in [-0.1, -0.05) is 30.3 Å². The van der Waals surface area contributed by atoms with Crippen LogP contribution in [0.2, 0.25) is 0 Å². The van der Waals surface area contributed by atoms with Crippen LogP contribution in [0, 0.1) is 10.1 Å². The topological polar surface area (TPSA) is 110 Å². The maximum absolute atomic E-state index is 13.1. The first-order valence-corrected chi connectivity index (χ1v) is 10.6. The maximum Gasteiger partial charge on any atom is 0.271 e. The molecule has 0 atom stereocenters. The second kappa shape index (κ2) is 7.60. The van der Waals surface area contributed by atoms with Crippen molar-refractivity contribution in [3.8, 4) is 0 Å². The Morgan fingerprint density at radius 2 is 1.77 bits per heavy atom. The molecule has 152 valence electrons. The number of anilines is 2. The molecular weight excluding hydrogens is 406 g/mol. The monoisotopic (exact) mass is 423 g/mol. The number of rotatable bonds is 5. The van der Waals surface area contributed by atoms with E-state index in [-0.39, 0.29) is 27.7 Å². The zero-order valence-electron chi connectivity index (χ0n) is 15.7. The molecule has 0 saturated carbocycles. The molecule has 0 unspecified atom stereocenters. The third kappa shape index (κ3) is 3.74. The van der Waals surface area contributed by atoms with Crippen LogP contribution in [0.1, 0.15) is 15.9 Å². The highest BCUT2D eigenvalue weighted by Crippen LogP contribution is 2.33. The standard InChI is InChI=1S/C21H17N3O5S/c25-21(23-12-11-15-9-10-18(24(26)27)14-20(15)23)16-5-4-6-17(13-16)22-30(28,29)19-7-2-1-3-8-19/h1-10,13-14,22H,11-12H2. The number of hydrogen-bond acceptors (Lipinski definition) is 5. The largest absolute Gasteiger partial charge is 0.307 e. The van der Waals surface area contributed by atoms with E-state index in [1.165, 1.54) is 35.2 Å². The van der Waals surface area contributed by atoms with E-state index in [0.29, 0.717) is 18.7 Å². The van der Waals surface area contributed by atoms with Crippen molar-refractivity contribution >= 4 is 33.0 Å². The Morgan fingerprint density at radius 1 is 1.00 bits per heavy atom. The van der Waals surface area contributed by atoms with Gasteiger partial charge < -0.3 is 4.90 Å². The quantitative estimate of drug-likeness (QED) is 0.498. The van der Waals surface area contributed by atoms with Crippen molar-refractivity contribution in [2.75, 3.05) is 16.2 Å². The Morgan fingerprint density at radius 3 is 2.50 bits per heavy atom. The van der Waals surface area contributed by atoms with Gasteiger partial charge in [0.1, 0.15) is 0 Å². The number of nitrogens with zero attached hydrogens (tertiary/aromatic N) is 2. The van der Waals surface area contributed by atoms with E-state index in [2.05, 4.69) is 4.72 Å². The fourth-order valence-electron chi connectivity index (χ4n) is 3.38. The van der Waals surface area contributed by atoms with E-state index < -0.39 is 14.9 Å². The van der Waals surface area contributed by atoms with E-state index in [1.807, 2.05) is 0 Å². The van der Waals surface area contributed by atoms with Gasteiger partial charge in [-0.3, -0.25) is 19.6 Å². The summed E-state index contributed by atoms with van der Waals surface area (Å²) in [6.45, 7) is 0.398. The van der Waals surface area contributed by atoms with Crippen molar-refractivity contribution in [1.29, 1.82) is 0 Å². The number of non-ortho nitro benzene ring substituents is 1. The average Bonchev–Trinajstić information content (AvgIpc) is 3.17. The Kier molecular flexibility index (Phi) is 4.96. The third-order valence-corrected chi connectivity index (χ3v) is 6.23. The SMILES string of the molecule is O=C(c1cccc(NS(=O)(=O)c2ccccc2)c1)N1CCc2ccc([N+](=O)[O-])cc21. The maximum atomic E-state index is 13.1. The van der Waals surface area contributed by atoms with Crippen LogP contribution in [0.15, 0.2) is 77.7 Å². The number of nitro benzene ring substituents is 1. The van der Waals surface area contributed by atoms with Crippen molar-refractivity contribution in [3.63, 3.8) is 0 Å². The van der Waals surface area contributed by atoms with Gasteiger partial charge in [-0.15, -0.1) is 0 Å². The van der Waals surface area contributed by atoms with Crippen molar-refractivity contribution in [1.82, 2.24) is 0 Å². The van der Waals surface area contributed by atoms with E-state index in [1.54, 1.807) is 42.5 Å². The first-order valence-electron chi connectivity index (χ1n) is 9.12. The van der Waals surface area contributed by atoms with Crippen molar-refractivity contribution in [2.24, 2.45) is 0 Å². The van der Waals surface area contributed by atoms with Gasteiger partial charge in [-0.2, -0.15) is 0 Å². The molecule has 0 radical (unpaired) electrons. The molecule has 4 rings (SSSR count). The van der Waals surface area contributed by atoms with Gasteiger partial charge in [0, 0.05) is 29.9 Å². The summed E-state index contributed by atoms with van der Waals surface area (Å²) in [5.41, 5.74) is 1.81. The summed E-state index contributed by atoms with van der Waals surface area (Å²) < 4.78 is 27.5. The van der Waals surface area contributed by atoms with E-state index in [0.717, 1.165) is 5.56 Å². The predicted molar refractivity (Wildman–Crippen MR) is 112 cm³/mol. The van der Waals surface area contributed by atoms with E-state index in [9.17, 15) is 23.3 Å². The molecule has 0 aromatic heterocycles. The Labute approximate surface area is 173 Å². The second-order valence-corrected chi connectivity index (χ2v) is 8.46. The molecule has 1 heterocycles. The summed E-state index contributed by atoms with van der Waals surface area (Å²) in [4.78, 5) is 25.2. The van der Waals surface area contributed by atoms with Gasteiger partial charge in [0.25, 0.3) is 21.6 Å². The molecule has 1 N–H and O–H groups in total. The van der Waals surface area contributed by atoms with Crippen LogP contribution >= 0.6 is 0 Å². The molecule has 0 fully saturated rings. The molecule has 1 amide bonds. The van der Waals surface area contributed by atoms with Crippen molar-refractivity contribution in [2.45, 2.75) is 11.3 Å². The molecule has 1 aliphatic heterocycles. The molecule has 3 aromatic rings. The lowest BCUT2D eigenvalue weighted by molar-refractivity contribution is -0.384. The number of sulfonamides is 1.